The zero-order valence-corrected chi connectivity index (χ0v) is 19.2. The Morgan fingerprint density at radius 1 is 0.867 bits per heavy atom. The second kappa shape index (κ2) is 12.5. The summed E-state index contributed by atoms with van der Waals surface area (Å²) in [6, 6.07) is 16.5. The third-order valence-electron chi connectivity index (χ3n) is 5.17. The van der Waals surface area contributed by atoms with E-state index in [1.165, 1.54) is 43.5 Å². The summed E-state index contributed by atoms with van der Waals surface area (Å²) in [4.78, 5) is 7.28. The van der Waals surface area contributed by atoms with E-state index in [1.807, 2.05) is 12.1 Å². The summed E-state index contributed by atoms with van der Waals surface area (Å²) in [6.07, 6.45) is 10.3. The van der Waals surface area contributed by atoms with E-state index in [4.69, 9.17) is 4.74 Å². The maximum absolute atomic E-state index is 6.15. The van der Waals surface area contributed by atoms with Gasteiger partial charge in [-0.1, -0.05) is 57.0 Å². The maximum Gasteiger partial charge on any atom is 0.126 e. The Labute approximate surface area is 185 Å². The summed E-state index contributed by atoms with van der Waals surface area (Å²) in [5, 5.41) is 1.02. The van der Waals surface area contributed by atoms with Gasteiger partial charge in [-0.15, -0.1) is 11.3 Å². The number of aromatic nitrogens is 1. The fourth-order valence-corrected chi connectivity index (χ4v) is 4.31. The molecule has 0 bridgehead atoms. The minimum atomic E-state index is 0.751. The molecule has 4 heteroatoms. The van der Waals surface area contributed by atoms with E-state index in [1.54, 1.807) is 11.3 Å². The van der Waals surface area contributed by atoms with Crippen LogP contribution >= 0.6 is 11.3 Å². The molecule has 0 N–H and O–H groups in total. The Morgan fingerprint density at radius 2 is 1.57 bits per heavy atom. The molecule has 0 unspecified atom stereocenters. The number of ether oxygens (including phenoxy) is 1. The smallest absolute Gasteiger partial charge is 0.126 e. The van der Waals surface area contributed by atoms with Crippen LogP contribution in [0.15, 0.2) is 48.5 Å². The van der Waals surface area contributed by atoms with Gasteiger partial charge in [0.2, 0.25) is 0 Å². The van der Waals surface area contributed by atoms with Crippen molar-refractivity contribution >= 4 is 33.7 Å². The zero-order valence-electron chi connectivity index (χ0n) is 18.3. The fraction of sp³-hybridized carbons (Fsp3) is 0.423. The molecule has 0 radical (unpaired) electrons. The Morgan fingerprint density at radius 3 is 2.33 bits per heavy atom. The number of fused-ring (bicyclic) bond motifs is 1. The molecule has 0 fully saturated rings. The molecule has 30 heavy (non-hydrogen) atoms. The van der Waals surface area contributed by atoms with Crippen molar-refractivity contribution in [2.45, 2.75) is 46.0 Å². The number of benzene rings is 2. The van der Waals surface area contributed by atoms with Gasteiger partial charge in [-0.05, 0) is 62.7 Å². The van der Waals surface area contributed by atoms with Gasteiger partial charge in [0.25, 0.3) is 0 Å². The SMILES string of the molecule is CCCCN(CCCC)CCCOc1ccccc1C=Cc1nc2ccccc2s1. The van der Waals surface area contributed by atoms with E-state index in [2.05, 4.69) is 72.3 Å². The Balaban J connectivity index is 1.54. The molecule has 160 valence electrons. The van der Waals surface area contributed by atoms with Crippen molar-refractivity contribution in [3.63, 3.8) is 0 Å². The predicted octanol–water partition coefficient (Wildman–Crippen LogP) is 7.14. The molecular weight excluding hydrogens is 388 g/mol. The minimum absolute atomic E-state index is 0.751. The van der Waals surface area contributed by atoms with Gasteiger partial charge in [0.05, 0.1) is 16.8 Å². The molecule has 0 aliphatic carbocycles. The summed E-state index contributed by atoms with van der Waals surface area (Å²) in [7, 11) is 0. The topological polar surface area (TPSA) is 25.4 Å². The van der Waals surface area contributed by atoms with E-state index >= 15 is 0 Å². The predicted molar refractivity (Wildman–Crippen MR) is 131 cm³/mol. The highest BCUT2D eigenvalue weighted by atomic mass is 32.1. The Bertz CT molecular complexity index is 877. The molecule has 0 atom stereocenters. The number of hydrogen-bond donors (Lipinski definition) is 0. The van der Waals surface area contributed by atoms with Crippen LogP contribution in [0.25, 0.3) is 22.4 Å². The van der Waals surface area contributed by atoms with E-state index in [9.17, 15) is 0 Å². The Kier molecular flexibility index (Phi) is 9.39. The standard InChI is InChI=1S/C26H34N2OS/c1-3-5-18-28(19-6-4-2)20-11-21-29-24-14-9-7-12-22(24)16-17-26-27-23-13-8-10-15-25(23)30-26/h7-10,12-17H,3-6,11,18-21H2,1-2H3. The van der Waals surface area contributed by atoms with Gasteiger partial charge >= 0.3 is 0 Å². The van der Waals surface area contributed by atoms with Crippen LogP contribution < -0.4 is 4.74 Å². The number of thiazole rings is 1. The van der Waals surface area contributed by atoms with Crippen LogP contribution in [-0.2, 0) is 0 Å². The molecule has 0 spiro atoms. The van der Waals surface area contributed by atoms with Gasteiger partial charge in [0.15, 0.2) is 0 Å². The van der Waals surface area contributed by atoms with Gasteiger partial charge in [0.1, 0.15) is 10.8 Å². The molecule has 3 rings (SSSR count). The van der Waals surface area contributed by atoms with E-state index < -0.39 is 0 Å². The van der Waals surface area contributed by atoms with Crippen LogP contribution in [0.5, 0.6) is 5.75 Å². The van der Waals surface area contributed by atoms with Gasteiger partial charge in [-0.2, -0.15) is 0 Å². The highest BCUT2D eigenvalue weighted by Gasteiger charge is 2.05. The number of unbranched alkanes of at least 4 members (excludes halogenated alkanes) is 2. The van der Waals surface area contributed by atoms with Crippen molar-refractivity contribution in [3.8, 4) is 5.75 Å². The van der Waals surface area contributed by atoms with Crippen molar-refractivity contribution < 1.29 is 4.74 Å². The molecular formula is C26H34N2OS. The summed E-state index contributed by atoms with van der Waals surface area (Å²) < 4.78 is 7.37. The summed E-state index contributed by atoms with van der Waals surface area (Å²) in [5.74, 6) is 0.948. The molecule has 3 aromatic rings. The first-order chi connectivity index (χ1) is 14.8. The lowest BCUT2D eigenvalue weighted by Crippen LogP contribution is -2.28. The first kappa shape index (κ1) is 22.5. The average molecular weight is 423 g/mol. The van der Waals surface area contributed by atoms with Crippen molar-refractivity contribution in [1.29, 1.82) is 0 Å². The van der Waals surface area contributed by atoms with Gasteiger partial charge in [-0.3, -0.25) is 0 Å². The number of hydrogen-bond acceptors (Lipinski definition) is 4. The molecule has 2 aromatic carbocycles. The summed E-state index contributed by atoms with van der Waals surface area (Å²) >= 11 is 1.72. The van der Waals surface area contributed by atoms with E-state index in [0.717, 1.165) is 41.4 Å². The van der Waals surface area contributed by atoms with Crippen LogP contribution in [0.1, 0.15) is 56.5 Å². The average Bonchev–Trinajstić information content (AvgIpc) is 3.20. The highest BCUT2D eigenvalue weighted by molar-refractivity contribution is 7.19. The lowest BCUT2D eigenvalue weighted by atomic mass is 10.2. The zero-order chi connectivity index (χ0) is 21.0. The normalized spacial score (nSPS) is 11.7. The first-order valence-corrected chi connectivity index (χ1v) is 12.1. The Hall–Kier alpha value is -2.17. The molecule has 0 aliphatic heterocycles. The van der Waals surface area contributed by atoms with Crippen LogP contribution in [0.4, 0.5) is 0 Å². The summed E-state index contributed by atoms with van der Waals surface area (Å²) in [6.45, 7) is 8.81. The molecule has 1 aromatic heterocycles. The largest absolute Gasteiger partial charge is 0.493 e. The van der Waals surface area contributed by atoms with Crippen molar-refractivity contribution in [1.82, 2.24) is 9.88 Å². The molecule has 1 heterocycles. The molecule has 3 nitrogen and oxygen atoms in total. The van der Waals surface area contributed by atoms with E-state index in [-0.39, 0.29) is 0 Å². The highest BCUT2D eigenvalue weighted by Crippen LogP contribution is 2.25. The van der Waals surface area contributed by atoms with Crippen LogP contribution in [0.3, 0.4) is 0 Å². The monoisotopic (exact) mass is 422 g/mol. The third-order valence-corrected chi connectivity index (χ3v) is 6.17. The van der Waals surface area contributed by atoms with Gasteiger partial charge in [0, 0.05) is 12.1 Å². The van der Waals surface area contributed by atoms with Crippen molar-refractivity contribution in [3.05, 3.63) is 59.1 Å². The molecule has 0 amide bonds. The second-order valence-electron chi connectivity index (χ2n) is 7.64. The quantitative estimate of drug-likeness (QED) is 0.274. The lowest BCUT2D eigenvalue weighted by Gasteiger charge is -2.22. The lowest BCUT2D eigenvalue weighted by molar-refractivity contribution is 0.229. The molecule has 0 saturated heterocycles. The fourth-order valence-electron chi connectivity index (χ4n) is 3.44. The second-order valence-corrected chi connectivity index (χ2v) is 8.70. The minimum Gasteiger partial charge on any atom is -0.493 e. The van der Waals surface area contributed by atoms with Gasteiger partial charge in [-0.25, -0.2) is 4.98 Å². The maximum atomic E-state index is 6.15. The third kappa shape index (κ3) is 6.96. The molecule has 0 aliphatic rings. The number of nitrogens with zero attached hydrogens (tertiary/aromatic N) is 2. The first-order valence-electron chi connectivity index (χ1n) is 11.3. The number of para-hydroxylation sites is 2. The van der Waals surface area contributed by atoms with Crippen LogP contribution in [-0.4, -0.2) is 36.1 Å². The number of rotatable bonds is 13. The van der Waals surface area contributed by atoms with Gasteiger partial charge < -0.3 is 9.64 Å². The van der Waals surface area contributed by atoms with Crippen LogP contribution in [0, 0.1) is 0 Å². The van der Waals surface area contributed by atoms with Crippen molar-refractivity contribution in [2.24, 2.45) is 0 Å². The van der Waals surface area contributed by atoms with E-state index in [0.29, 0.717) is 0 Å². The van der Waals surface area contributed by atoms with Crippen molar-refractivity contribution in [2.75, 3.05) is 26.2 Å². The molecule has 0 saturated carbocycles. The van der Waals surface area contributed by atoms with Crippen LogP contribution in [0.2, 0.25) is 0 Å². The summed E-state index contributed by atoms with van der Waals surface area (Å²) in [5.41, 5.74) is 2.16.